The first-order valence-electron chi connectivity index (χ1n) is 7.25. The molecule has 5 nitrogen and oxygen atoms in total. The highest BCUT2D eigenvalue weighted by Gasteiger charge is 2.16. The number of rotatable bonds is 5. The predicted octanol–water partition coefficient (Wildman–Crippen LogP) is 3.92. The van der Waals surface area contributed by atoms with Gasteiger partial charge in [0.25, 0.3) is 0 Å². The van der Waals surface area contributed by atoms with Crippen molar-refractivity contribution in [3.63, 3.8) is 0 Å². The molecule has 0 aliphatic heterocycles. The van der Waals surface area contributed by atoms with Gasteiger partial charge in [-0.2, -0.15) is 0 Å². The quantitative estimate of drug-likeness (QED) is 0.878. The first-order valence-corrected chi connectivity index (χ1v) is 7.25. The van der Waals surface area contributed by atoms with E-state index in [1.807, 2.05) is 57.2 Å². The fraction of sp³-hybridized carbons (Fsp3) is 0.353. The number of anilines is 1. The molecular formula is C17H22N2O3. The van der Waals surface area contributed by atoms with Crippen LogP contribution in [0, 0.1) is 0 Å². The summed E-state index contributed by atoms with van der Waals surface area (Å²) < 4.78 is 10.5. The zero-order valence-corrected chi connectivity index (χ0v) is 13.2. The van der Waals surface area contributed by atoms with E-state index in [1.165, 1.54) is 0 Å². The maximum Gasteiger partial charge on any atom is 0.407 e. The maximum absolute atomic E-state index is 11.7. The van der Waals surface area contributed by atoms with Crippen LogP contribution in [0.4, 0.5) is 10.5 Å². The molecule has 1 aromatic carbocycles. The Bertz CT molecular complexity index is 601. The number of carbonyl (C=O) groups is 1. The average Bonchev–Trinajstić information content (AvgIpc) is 2.95. The molecule has 2 aromatic rings. The van der Waals surface area contributed by atoms with Crippen LogP contribution in [0.15, 0.2) is 47.1 Å². The molecule has 2 rings (SSSR count). The summed E-state index contributed by atoms with van der Waals surface area (Å²) in [7, 11) is 0. The molecule has 0 radical (unpaired) electrons. The van der Waals surface area contributed by atoms with Crippen molar-refractivity contribution < 1.29 is 13.9 Å². The van der Waals surface area contributed by atoms with E-state index in [1.54, 1.807) is 6.26 Å². The number of para-hydroxylation sites is 1. The third-order valence-corrected chi connectivity index (χ3v) is 2.87. The van der Waals surface area contributed by atoms with Gasteiger partial charge in [-0.3, -0.25) is 0 Å². The number of carbonyl (C=O) groups excluding carboxylic acids is 1. The van der Waals surface area contributed by atoms with Gasteiger partial charge in [0.05, 0.1) is 12.8 Å². The van der Waals surface area contributed by atoms with Crippen LogP contribution in [0.25, 0.3) is 0 Å². The van der Waals surface area contributed by atoms with Crippen molar-refractivity contribution in [2.24, 2.45) is 0 Å². The summed E-state index contributed by atoms with van der Waals surface area (Å²) in [4.78, 5) is 11.7. The van der Waals surface area contributed by atoms with E-state index in [9.17, 15) is 4.79 Å². The topological polar surface area (TPSA) is 63.5 Å². The summed E-state index contributed by atoms with van der Waals surface area (Å²) in [5.74, 6) is 0.856. The lowest BCUT2D eigenvalue weighted by Crippen LogP contribution is -2.32. The molecule has 0 unspecified atom stereocenters. The van der Waals surface area contributed by atoms with Gasteiger partial charge >= 0.3 is 6.09 Å². The van der Waals surface area contributed by atoms with Gasteiger partial charge in [0, 0.05) is 12.2 Å². The summed E-state index contributed by atoms with van der Waals surface area (Å²) in [6.07, 6.45) is 1.22. The molecule has 1 aromatic heterocycles. The average molecular weight is 302 g/mol. The number of amides is 1. The van der Waals surface area contributed by atoms with Gasteiger partial charge in [-0.25, -0.2) is 4.79 Å². The largest absolute Gasteiger partial charge is 0.467 e. The number of alkyl carbamates (subject to hydrolysis) is 1. The normalized spacial score (nSPS) is 11.0. The van der Waals surface area contributed by atoms with Crippen LogP contribution in [0.2, 0.25) is 0 Å². The van der Waals surface area contributed by atoms with E-state index in [-0.39, 0.29) is 0 Å². The summed E-state index contributed by atoms with van der Waals surface area (Å²) in [5, 5.41) is 6.07. The van der Waals surface area contributed by atoms with Crippen molar-refractivity contribution in [2.45, 2.75) is 39.5 Å². The summed E-state index contributed by atoms with van der Waals surface area (Å²) in [6.45, 7) is 6.51. The van der Waals surface area contributed by atoms with Gasteiger partial charge in [0.2, 0.25) is 0 Å². The van der Waals surface area contributed by atoms with E-state index in [0.29, 0.717) is 13.1 Å². The Kier molecular flexibility index (Phi) is 5.09. The second-order valence-corrected chi connectivity index (χ2v) is 5.95. The SMILES string of the molecule is CC(C)(C)OC(=O)NCc1ccccc1NCc1ccco1. The number of hydrogen-bond acceptors (Lipinski definition) is 4. The monoisotopic (exact) mass is 302 g/mol. The van der Waals surface area contributed by atoms with Crippen molar-refractivity contribution in [3.05, 3.63) is 54.0 Å². The lowest BCUT2D eigenvalue weighted by atomic mass is 10.1. The van der Waals surface area contributed by atoms with Crippen molar-refractivity contribution in [3.8, 4) is 0 Å². The van der Waals surface area contributed by atoms with Crippen molar-refractivity contribution in [1.82, 2.24) is 5.32 Å². The van der Waals surface area contributed by atoms with Gasteiger partial charge in [-0.1, -0.05) is 18.2 Å². The minimum Gasteiger partial charge on any atom is -0.467 e. The predicted molar refractivity (Wildman–Crippen MR) is 85.6 cm³/mol. The highest BCUT2D eigenvalue weighted by molar-refractivity contribution is 5.68. The summed E-state index contributed by atoms with van der Waals surface area (Å²) in [6, 6.07) is 11.6. The molecule has 5 heteroatoms. The number of furan rings is 1. The Morgan fingerprint density at radius 1 is 1.14 bits per heavy atom. The van der Waals surface area contributed by atoms with Gasteiger partial charge in [-0.15, -0.1) is 0 Å². The molecule has 0 aliphatic rings. The first-order chi connectivity index (χ1) is 10.4. The molecule has 0 saturated carbocycles. The standard InChI is InChI=1S/C17H22N2O3/c1-17(2,3)22-16(20)19-11-13-7-4-5-9-15(13)18-12-14-8-6-10-21-14/h4-10,18H,11-12H2,1-3H3,(H,19,20). The van der Waals surface area contributed by atoms with Crippen molar-refractivity contribution in [1.29, 1.82) is 0 Å². The van der Waals surface area contributed by atoms with Crippen LogP contribution in [0.1, 0.15) is 32.1 Å². The molecule has 0 bridgehead atoms. The first kappa shape index (κ1) is 15.9. The lowest BCUT2D eigenvalue weighted by Gasteiger charge is -2.20. The van der Waals surface area contributed by atoms with Crippen LogP contribution in [-0.4, -0.2) is 11.7 Å². The van der Waals surface area contributed by atoms with Gasteiger partial charge in [0.15, 0.2) is 0 Å². The molecule has 0 saturated heterocycles. The highest BCUT2D eigenvalue weighted by atomic mass is 16.6. The minimum absolute atomic E-state index is 0.399. The third kappa shape index (κ3) is 5.16. The van der Waals surface area contributed by atoms with E-state index < -0.39 is 11.7 Å². The third-order valence-electron chi connectivity index (χ3n) is 2.87. The number of nitrogens with one attached hydrogen (secondary N) is 2. The minimum atomic E-state index is -0.499. The van der Waals surface area contributed by atoms with E-state index in [0.717, 1.165) is 17.0 Å². The van der Waals surface area contributed by atoms with Crippen LogP contribution < -0.4 is 10.6 Å². The molecular weight excluding hydrogens is 280 g/mol. The van der Waals surface area contributed by atoms with Crippen LogP contribution in [-0.2, 0) is 17.8 Å². The van der Waals surface area contributed by atoms with Crippen LogP contribution in [0.5, 0.6) is 0 Å². The number of ether oxygens (including phenoxy) is 1. The molecule has 0 atom stereocenters. The second kappa shape index (κ2) is 7.02. The molecule has 22 heavy (non-hydrogen) atoms. The molecule has 1 amide bonds. The van der Waals surface area contributed by atoms with E-state index in [2.05, 4.69) is 10.6 Å². The fourth-order valence-electron chi connectivity index (χ4n) is 1.92. The molecule has 0 spiro atoms. The zero-order valence-electron chi connectivity index (χ0n) is 13.2. The highest BCUT2D eigenvalue weighted by Crippen LogP contribution is 2.16. The molecule has 0 aliphatic carbocycles. The van der Waals surface area contributed by atoms with E-state index >= 15 is 0 Å². The zero-order chi connectivity index (χ0) is 16.0. The van der Waals surface area contributed by atoms with Crippen molar-refractivity contribution >= 4 is 11.8 Å². The van der Waals surface area contributed by atoms with Crippen LogP contribution >= 0.6 is 0 Å². The Hall–Kier alpha value is -2.43. The van der Waals surface area contributed by atoms with Gasteiger partial charge < -0.3 is 19.8 Å². The Morgan fingerprint density at radius 2 is 1.91 bits per heavy atom. The van der Waals surface area contributed by atoms with Crippen molar-refractivity contribution in [2.75, 3.05) is 5.32 Å². The Labute approximate surface area is 130 Å². The Morgan fingerprint density at radius 3 is 2.59 bits per heavy atom. The molecule has 2 N–H and O–H groups in total. The second-order valence-electron chi connectivity index (χ2n) is 5.95. The van der Waals surface area contributed by atoms with E-state index in [4.69, 9.17) is 9.15 Å². The number of benzene rings is 1. The van der Waals surface area contributed by atoms with Crippen LogP contribution in [0.3, 0.4) is 0 Å². The molecule has 0 fully saturated rings. The van der Waals surface area contributed by atoms with Gasteiger partial charge in [-0.05, 0) is 44.5 Å². The Balaban J connectivity index is 1.92. The fourth-order valence-corrected chi connectivity index (χ4v) is 1.92. The summed E-state index contributed by atoms with van der Waals surface area (Å²) in [5.41, 5.74) is 1.44. The molecule has 1 heterocycles. The lowest BCUT2D eigenvalue weighted by molar-refractivity contribution is 0.0523. The smallest absolute Gasteiger partial charge is 0.407 e. The van der Waals surface area contributed by atoms with Gasteiger partial charge in [0.1, 0.15) is 11.4 Å². The molecule has 118 valence electrons. The summed E-state index contributed by atoms with van der Waals surface area (Å²) >= 11 is 0. The maximum atomic E-state index is 11.7. The number of hydrogen-bond donors (Lipinski definition) is 2.